The van der Waals surface area contributed by atoms with Gasteiger partial charge in [0.25, 0.3) is 0 Å². The number of benzene rings is 1. The largest absolute Gasteiger partial charge is 0.483 e. The molecule has 0 radical (unpaired) electrons. The normalized spacial score (nSPS) is 17.1. The monoisotopic (exact) mass is 527 g/mol. The smallest absolute Gasteiger partial charge is 0.341 e. The quantitative estimate of drug-likeness (QED) is 0.543. The van der Waals surface area contributed by atoms with Gasteiger partial charge in [0, 0.05) is 31.7 Å². The van der Waals surface area contributed by atoms with Gasteiger partial charge in [0.1, 0.15) is 17.7 Å². The van der Waals surface area contributed by atoms with E-state index in [0.717, 1.165) is 12.3 Å². The molecule has 1 unspecified atom stereocenters. The minimum atomic E-state index is -0.734. The summed E-state index contributed by atoms with van der Waals surface area (Å²) in [7, 11) is 0. The van der Waals surface area contributed by atoms with Crippen molar-refractivity contribution >= 4 is 23.8 Å². The molecule has 1 N–H and O–H groups in total. The molecule has 0 bridgehead atoms. The molecule has 38 heavy (non-hydrogen) atoms. The third-order valence-electron chi connectivity index (χ3n) is 6.32. The van der Waals surface area contributed by atoms with Crippen LogP contribution >= 0.6 is 0 Å². The molecule has 2 aliphatic heterocycles. The number of hydrazone groups is 1. The number of rotatable bonds is 5. The summed E-state index contributed by atoms with van der Waals surface area (Å²) in [5.41, 5.74) is 2.03. The fourth-order valence-corrected chi connectivity index (χ4v) is 4.47. The predicted octanol–water partition coefficient (Wildman–Crippen LogP) is 3.88. The van der Waals surface area contributed by atoms with E-state index in [1.54, 1.807) is 13.8 Å². The number of urea groups is 1. The van der Waals surface area contributed by atoms with Gasteiger partial charge in [-0.2, -0.15) is 10.2 Å². The Labute approximate surface area is 215 Å². The SMILES string of the molecule is CC(=O)Nc1c(C)nn(-c2cc(OC3CN(C(=O)N4N=CCC4c4cc(F)cc(F)c4)C3)c(F)cn2)c1C. The number of carbonyl (C=O) groups is 2. The lowest BCUT2D eigenvalue weighted by molar-refractivity contribution is -0.114. The summed E-state index contributed by atoms with van der Waals surface area (Å²) in [5, 5.41) is 12.4. The van der Waals surface area contributed by atoms with Gasteiger partial charge in [-0.3, -0.25) is 4.79 Å². The number of pyridine rings is 1. The van der Waals surface area contributed by atoms with Gasteiger partial charge in [0.15, 0.2) is 17.4 Å². The molecule has 198 valence electrons. The molecule has 0 saturated carbocycles. The van der Waals surface area contributed by atoms with E-state index in [4.69, 9.17) is 4.74 Å². The molecule has 1 saturated heterocycles. The van der Waals surface area contributed by atoms with Crippen LogP contribution in [0.15, 0.2) is 35.6 Å². The maximum Gasteiger partial charge on any atom is 0.341 e. The third-order valence-corrected chi connectivity index (χ3v) is 6.32. The van der Waals surface area contributed by atoms with E-state index in [-0.39, 0.29) is 24.7 Å². The van der Waals surface area contributed by atoms with E-state index in [2.05, 4.69) is 20.5 Å². The first-order valence-corrected chi connectivity index (χ1v) is 11.8. The molecule has 5 rings (SSSR count). The summed E-state index contributed by atoms with van der Waals surface area (Å²) >= 11 is 0. The summed E-state index contributed by atoms with van der Waals surface area (Å²) in [6, 6.07) is 3.44. The topological polar surface area (TPSA) is 105 Å². The fourth-order valence-electron chi connectivity index (χ4n) is 4.47. The Bertz CT molecular complexity index is 1430. The van der Waals surface area contributed by atoms with Crippen LogP contribution in [0.3, 0.4) is 0 Å². The molecular weight excluding hydrogens is 503 g/mol. The van der Waals surface area contributed by atoms with E-state index in [1.807, 2.05) is 0 Å². The van der Waals surface area contributed by atoms with Crippen LogP contribution < -0.4 is 10.1 Å². The van der Waals surface area contributed by atoms with Gasteiger partial charge in [-0.15, -0.1) is 0 Å². The molecule has 2 aromatic heterocycles. The number of anilines is 1. The Morgan fingerprint density at radius 2 is 1.79 bits per heavy atom. The van der Waals surface area contributed by atoms with Crippen LogP contribution in [0.25, 0.3) is 5.82 Å². The van der Waals surface area contributed by atoms with Crippen LogP contribution in [-0.2, 0) is 4.79 Å². The zero-order valence-electron chi connectivity index (χ0n) is 20.8. The maximum absolute atomic E-state index is 14.5. The molecular formula is C25H24F3N7O3. The van der Waals surface area contributed by atoms with Crippen molar-refractivity contribution in [2.45, 2.75) is 39.3 Å². The lowest BCUT2D eigenvalue weighted by Crippen LogP contribution is -2.58. The number of amides is 3. The van der Waals surface area contributed by atoms with Crippen LogP contribution in [0.1, 0.15) is 36.3 Å². The van der Waals surface area contributed by atoms with E-state index >= 15 is 0 Å². The highest BCUT2D eigenvalue weighted by Crippen LogP contribution is 2.32. The van der Waals surface area contributed by atoms with Crippen molar-refractivity contribution in [3.63, 3.8) is 0 Å². The number of carbonyl (C=O) groups excluding carboxylic acids is 2. The summed E-state index contributed by atoms with van der Waals surface area (Å²) in [4.78, 5) is 30.0. The van der Waals surface area contributed by atoms with E-state index in [0.29, 0.717) is 34.9 Å². The van der Waals surface area contributed by atoms with Crippen molar-refractivity contribution in [3.05, 3.63) is 64.9 Å². The van der Waals surface area contributed by atoms with Crippen LogP contribution in [0, 0.1) is 31.3 Å². The Morgan fingerprint density at radius 1 is 1.08 bits per heavy atom. The van der Waals surface area contributed by atoms with Crippen molar-refractivity contribution in [2.75, 3.05) is 18.4 Å². The Balaban J connectivity index is 1.25. The standard InChI is InChI=1S/C25H24F3N7O3/c1-13-24(31-15(3)36)14(2)34(32-13)23-9-22(20(28)10-29-23)38-19-11-33(12-19)25(37)35-21(4-5-30-35)16-6-17(26)8-18(27)7-16/h5-10,19,21H,4,11-12H2,1-3H3,(H,31,36). The zero-order valence-corrected chi connectivity index (χ0v) is 20.8. The number of nitrogens with zero attached hydrogens (tertiary/aromatic N) is 6. The van der Waals surface area contributed by atoms with Gasteiger partial charge < -0.3 is 15.0 Å². The van der Waals surface area contributed by atoms with Crippen LogP contribution in [0.2, 0.25) is 0 Å². The number of nitrogens with one attached hydrogen (secondary N) is 1. The lowest BCUT2D eigenvalue weighted by Gasteiger charge is -2.41. The first kappa shape index (κ1) is 25.2. The Kier molecular flexibility index (Phi) is 6.51. The highest BCUT2D eigenvalue weighted by atomic mass is 19.1. The summed E-state index contributed by atoms with van der Waals surface area (Å²) in [6.45, 7) is 5.20. The number of aromatic nitrogens is 3. The first-order chi connectivity index (χ1) is 18.1. The number of ether oxygens (including phenoxy) is 1. The average molecular weight is 528 g/mol. The maximum atomic E-state index is 14.5. The van der Waals surface area contributed by atoms with Crippen molar-refractivity contribution < 1.29 is 27.5 Å². The van der Waals surface area contributed by atoms with Gasteiger partial charge in [-0.1, -0.05) is 0 Å². The van der Waals surface area contributed by atoms with Gasteiger partial charge >= 0.3 is 6.03 Å². The summed E-state index contributed by atoms with van der Waals surface area (Å²) in [6.07, 6.45) is 2.37. The molecule has 0 spiro atoms. The second kappa shape index (κ2) is 9.80. The predicted molar refractivity (Wildman–Crippen MR) is 131 cm³/mol. The molecule has 0 aliphatic carbocycles. The second-order valence-electron chi connectivity index (χ2n) is 9.14. The van der Waals surface area contributed by atoms with Gasteiger partial charge in [0.2, 0.25) is 5.91 Å². The van der Waals surface area contributed by atoms with Crippen molar-refractivity contribution in [1.82, 2.24) is 24.7 Å². The number of halogens is 3. The lowest BCUT2D eigenvalue weighted by atomic mass is 10.0. The van der Waals surface area contributed by atoms with E-state index in [9.17, 15) is 22.8 Å². The Hall–Kier alpha value is -4.42. The third kappa shape index (κ3) is 4.78. The summed E-state index contributed by atoms with van der Waals surface area (Å²) in [5.74, 6) is -2.16. The highest BCUT2D eigenvalue weighted by Gasteiger charge is 2.39. The van der Waals surface area contributed by atoms with Crippen molar-refractivity contribution in [2.24, 2.45) is 5.10 Å². The van der Waals surface area contributed by atoms with E-state index in [1.165, 1.54) is 45.9 Å². The number of likely N-dealkylation sites (tertiary alicyclic amines) is 1. The molecule has 4 heterocycles. The minimum Gasteiger partial charge on any atom is -0.483 e. The second-order valence-corrected chi connectivity index (χ2v) is 9.14. The molecule has 1 aromatic carbocycles. The van der Waals surface area contributed by atoms with Gasteiger partial charge in [-0.05, 0) is 31.5 Å². The first-order valence-electron chi connectivity index (χ1n) is 11.8. The number of hydrogen-bond donors (Lipinski definition) is 1. The van der Waals surface area contributed by atoms with Crippen molar-refractivity contribution in [1.29, 1.82) is 0 Å². The van der Waals surface area contributed by atoms with Crippen LogP contribution in [0.5, 0.6) is 5.75 Å². The van der Waals surface area contributed by atoms with Crippen LogP contribution in [-0.4, -0.2) is 62.0 Å². The molecule has 1 fully saturated rings. The summed E-state index contributed by atoms with van der Waals surface area (Å²) < 4.78 is 49.2. The van der Waals surface area contributed by atoms with Gasteiger partial charge in [-0.25, -0.2) is 32.6 Å². The molecule has 1 atom stereocenters. The van der Waals surface area contributed by atoms with Crippen LogP contribution in [0.4, 0.5) is 23.7 Å². The number of aryl methyl sites for hydroxylation is 1. The molecule has 13 heteroatoms. The van der Waals surface area contributed by atoms with E-state index < -0.39 is 35.6 Å². The Morgan fingerprint density at radius 3 is 2.47 bits per heavy atom. The fraction of sp³-hybridized carbons (Fsp3) is 0.320. The number of hydrogen-bond acceptors (Lipinski definition) is 6. The van der Waals surface area contributed by atoms with Gasteiger partial charge in [0.05, 0.1) is 42.4 Å². The molecule has 2 aliphatic rings. The molecule has 3 aromatic rings. The van der Waals surface area contributed by atoms with Crippen molar-refractivity contribution in [3.8, 4) is 11.6 Å². The minimum absolute atomic E-state index is 0.0620. The molecule has 3 amide bonds. The highest BCUT2D eigenvalue weighted by molar-refractivity contribution is 5.90. The molecule has 10 nitrogen and oxygen atoms in total. The zero-order chi connectivity index (χ0) is 27.1. The average Bonchev–Trinajstić information content (AvgIpc) is 3.42.